The molecule has 0 radical (unpaired) electrons. The summed E-state index contributed by atoms with van der Waals surface area (Å²) < 4.78 is 10.8. The van der Waals surface area contributed by atoms with E-state index in [1.54, 1.807) is 7.11 Å². The van der Waals surface area contributed by atoms with E-state index in [2.05, 4.69) is 0 Å². The molecule has 0 heterocycles. The maximum atomic E-state index is 10.0. The van der Waals surface area contributed by atoms with Gasteiger partial charge in [0.05, 0.1) is 13.2 Å². The van der Waals surface area contributed by atoms with Crippen molar-refractivity contribution in [3.05, 3.63) is 60.2 Å². The van der Waals surface area contributed by atoms with Crippen LogP contribution in [0.1, 0.15) is 5.56 Å². The standard InChI is InChI=1S/C16H18O3/c1-18-16-10-6-5-7-13(16)11-14(17)12-19-15-8-3-2-4-9-15/h2-10,14,17H,11-12H2,1H3. The van der Waals surface area contributed by atoms with Gasteiger partial charge in [-0.1, -0.05) is 36.4 Å². The summed E-state index contributed by atoms with van der Waals surface area (Å²) in [5.41, 5.74) is 0.981. The Hall–Kier alpha value is -2.00. The Kier molecular flexibility index (Phi) is 4.81. The summed E-state index contributed by atoms with van der Waals surface area (Å²) in [6.45, 7) is 0.266. The number of hydrogen-bond acceptors (Lipinski definition) is 3. The first kappa shape index (κ1) is 13.4. The normalized spacial score (nSPS) is 11.9. The molecule has 3 heteroatoms. The molecule has 0 saturated carbocycles. The first-order chi connectivity index (χ1) is 9.29. The maximum absolute atomic E-state index is 10.0. The van der Waals surface area contributed by atoms with Crippen molar-refractivity contribution in [2.75, 3.05) is 13.7 Å². The van der Waals surface area contributed by atoms with Crippen molar-refractivity contribution in [1.29, 1.82) is 0 Å². The molecular weight excluding hydrogens is 240 g/mol. The third kappa shape index (κ3) is 4.00. The summed E-state index contributed by atoms with van der Waals surface area (Å²) in [5.74, 6) is 1.56. The molecule has 0 aromatic heterocycles. The average Bonchev–Trinajstić information content (AvgIpc) is 2.47. The predicted octanol–water partition coefficient (Wildman–Crippen LogP) is 2.68. The van der Waals surface area contributed by atoms with Crippen molar-refractivity contribution in [3.63, 3.8) is 0 Å². The Morgan fingerprint density at radius 2 is 1.68 bits per heavy atom. The quantitative estimate of drug-likeness (QED) is 0.865. The molecule has 2 aromatic carbocycles. The summed E-state index contributed by atoms with van der Waals surface area (Å²) >= 11 is 0. The Morgan fingerprint density at radius 3 is 2.42 bits per heavy atom. The van der Waals surface area contributed by atoms with E-state index in [9.17, 15) is 5.11 Å². The lowest BCUT2D eigenvalue weighted by Gasteiger charge is -2.14. The largest absolute Gasteiger partial charge is 0.496 e. The third-order valence-corrected chi connectivity index (χ3v) is 2.83. The molecule has 0 bridgehead atoms. The fourth-order valence-electron chi connectivity index (χ4n) is 1.89. The van der Waals surface area contributed by atoms with Crippen molar-refractivity contribution in [2.24, 2.45) is 0 Å². The summed E-state index contributed by atoms with van der Waals surface area (Å²) in [5, 5.41) is 10.0. The molecule has 0 aliphatic rings. The highest BCUT2D eigenvalue weighted by Gasteiger charge is 2.10. The van der Waals surface area contributed by atoms with Gasteiger partial charge in [0, 0.05) is 6.42 Å². The third-order valence-electron chi connectivity index (χ3n) is 2.83. The van der Waals surface area contributed by atoms with Crippen LogP contribution in [0.15, 0.2) is 54.6 Å². The first-order valence-electron chi connectivity index (χ1n) is 6.27. The molecule has 1 unspecified atom stereocenters. The van der Waals surface area contributed by atoms with Crippen molar-refractivity contribution in [1.82, 2.24) is 0 Å². The fourth-order valence-corrected chi connectivity index (χ4v) is 1.89. The number of hydrogen-bond donors (Lipinski definition) is 1. The van der Waals surface area contributed by atoms with Crippen LogP contribution in [0.25, 0.3) is 0 Å². The van der Waals surface area contributed by atoms with E-state index in [1.807, 2.05) is 54.6 Å². The van der Waals surface area contributed by atoms with E-state index in [0.717, 1.165) is 17.1 Å². The summed E-state index contributed by atoms with van der Waals surface area (Å²) in [6, 6.07) is 17.2. The topological polar surface area (TPSA) is 38.7 Å². The molecule has 0 saturated heterocycles. The highest BCUT2D eigenvalue weighted by molar-refractivity contribution is 5.33. The van der Waals surface area contributed by atoms with E-state index in [1.165, 1.54) is 0 Å². The Morgan fingerprint density at radius 1 is 1.00 bits per heavy atom. The molecule has 2 aromatic rings. The summed E-state index contributed by atoms with van der Waals surface area (Å²) in [6.07, 6.45) is -0.0480. The van der Waals surface area contributed by atoms with E-state index < -0.39 is 6.10 Å². The lowest BCUT2D eigenvalue weighted by molar-refractivity contribution is 0.107. The number of ether oxygens (including phenoxy) is 2. The van der Waals surface area contributed by atoms with E-state index >= 15 is 0 Å². The van der Waals surface area contributed by atoms with Crippen LogP contribution in [0.5, 0.6) is 11.5 Å². The minimum Gasteiger partial charge on any atom is -0.496 e. The Labute approximate surface area is 113 Å². The van der Waals surface area contributed by atoms with Crippen LogP contribution in [0, 0.1) is 0 Å². The lowest BCUT2D eigenvalue weighted by Crippen LogP contribution is -2.20. The van der Waals surface area contributed by atoms with Gasteiger partial charge in [-0.05, 0) is 23.8 Å². The summed E-state index contributed by atoms with van der Waals surface area (Å²) in [7, 11) is 1.63. The van der Waals surface area contributed by atoms with Crippen LogP contribution in [-0.2, 0) is 6.42 Å². The minimum absolute atomic E-state index is 0.266. The van der Waals surface area contributed by atoms with Gasteiger partial charge in [0.2, 0.25) is 0 Å². The molecule has 100 valence electrons. The van der Waals surface area contributed by atoms with Gasteiger partial charge in [0.1, 0.15) is 18.1 Å². The SMILES string of the molecule is COc1ccccc1CC(O)COc1ccccc1. The molecule has 1 N–H and O–H groups in total. The number of aliphatic hydroxyl groups excluding tert-OH is 1. The number of methoxy groups -OCH3 is 1. The van der Waals surface area contributed by atoms with Gasteiger partial charge in [0.25, 0.3) is 0 Å². The zero-order chi connectivity index (χ0) is 13.5. The number of para-hydroxylation sites is 2. The van der Waals surface area contributed by atoms with Gasteiger partial charge < -0.3 is 14.6 Å². The molecule has 0 spiro atoms. The number of benzene rings is 2. The van der Waals surface area contributed by atoms with Gasteiger partial charge in [0.15, 0.2) is 0 Å². The van der Waals surface area contributed by atoms with Crippen molar-refractivity contribution in [3.8, 4) is 11.5 Å². The minimum atomic E-state index is -0.559. The fraction of sp³-hybridized carbons (Fsp3) is 0.250. The molecule has 0 amide bonds. The van der Waals surface area contributed by atoms with Crippen LogP contribution in [-0.4, -0.2) is 24.9 Å². The molecule has 0 aliphatic carbocycles. The number of aliphatic hydroxyl groups is 1. The number of rotatable bonds is 6. The summed E-state index contributed by atoms with van der Waals surface area (Å²) in [4.78, 5) is 0. The molecule has 3 nitrogen and oxygen atoms in total. The van der Waals surface area contributed by atoms with Crippen molar-refractivity contribution < 1.29 is 14.6 Å². The smallest absolute Gasteiger partial charge is 0.122 e. The van der Waals surface area contributed by atoms with Crippen molar-refractivity contribution >= 4 is 0 Å². The van der Waals surface area contributed by atoms with Gasteiger partial charge >= 0.3 is 0 Å². The van der Waals surface area contributed by atoms with Crippen LogP contribution in [0.3, 0.4) is 0 Å². The second-order valence-corrected chi connectivity index (χ2v) is 4.29. The zero-order valence-corrected chi connectivity index (χ0v) is 11.0. The Bertz CT molecular complexity index is 496. The monoisotopic (exact) mass is 258 g/mol. The molecule has 2 rings (SSSR count). The molecular formula is C16H18O3. The van der Waals surface area contributed by atoms with Crippen LogP contribution < -0.4 is 9.47 Å². The molecule has 1 atom stereocenters. The second-order valence-electron chi connectivity index (χ2n) is 4.29. The first-order valence-corrected chi connectivity index (χ1v) is 6.27. The van der Waals surface area contributed by atoms with Crippen LogP contribution in [0.4, 0.5) is 0 Å². The van der Waals surface area contributed by atoms with Crippen molar-refractivity contribution in [2.45, 2.75) is 12.5 Å². The highest BCUT2D eigenvalue weighted by atomic mass is 16.5. The van der Waals surface area contributed by atoms with E-state index in [-0.39, 0.29) is 6.61 Å². The predicted molar refractivity (Wildman–Crippen MR) is 74.6 cm³/mol. The van der Waals surface area contributed by atoms with Crippen LogP contribution >= 0.6 is 0 Å². The van der Waals surface area contributed by atoms with E-state index in [4.69, 9.17) is 9.47 Å². The highest BCUT2D eigenvalue weighted by Crippen LogP contribution is 2.19. The zero-order valence-electron chi connectivity index (χ0n) is 11.0. The molecule has 0 aliphatic heterocycles. The average molecular weight is 258 g/mol. The van der Waals surface area contributed by atoms with Crippen LogP contribution in [0.2, 0.25) is 0 Å². The van der Waals surface area contributed by atoms with Gasteiger partial charge in [-0.25, -0.2) is 0 Å². The molecule has 19 heavy (non-hydrogen) atoms. The van der Waals surface area contributed by atoms with E-state index in [0.29, 0.717) is 6.42 Å². The maximum Gasteiger partial charge on any atom is 0.122 e. The van der Waals surface area contributed by atoms with Gasteiger partial charge in [-0.2, -0.15) is 0 Å². The second kappa shape index (κ2) is 6.81. The lowest BCUT2D eigenvalue weighted by atomic mass is 10.1. The van der Waals surface area contributed by atoms with Gasteiger partial charge in [-0.3, -0.25) is 0 Å². The molecule has 0 fully saturated rings. The van der Waals surface area contributed by atoms with Gasteiger partial charge in [-0.15, -0.1) is 0 Å². The Balaban J connectivity index is 1.89.